The van der Waals surface area contributed by atoms with E-state index in [1.165, 1.54) is 11.8 Å². The van der Waals surface area contributed by atoms with E-state index in [0.29, 0.717) is 21.8 Å². The first-order chi connectivity index (χ1) is 13.1. The number of amides is 1. The number of H-pyrrole nitrogens is 1. The summed E-state index contributed by atoms with van der Waals surface area (Å²) in [7, 11) is 0. The molecule has 2 aromatic heterocycles. The van der Waals surface area contributed by atoms with Crippen molar-refractivity contribution in [3.63, 3.8) is 0 Å². The molecule has 0 aliphatic heterocycles. The molecule has 2 N–H and O–H groups in total. The molecule has 4 rings (SSSR count). The van der Waals surface area contributed by atoms with Crippen LogP contribution in [-0.2, 0) is 4.79 Å². The monoisotopic (exact) mass is 398 g/mol. The maximum atomic E-state index is 12.4. The van der Waals surface area contributed by atoms with Crippen LogP contribution in [0.4, 0.5) is 5.69 Å². The number of thioether (sulfide) groups is 1. The lowest BCUT2D eigenvalue weighted by atomic mass is 10.2. The Morgan fingerprint density at radius 2 is 1.96 bits per heavy atom. The van der Waals surface area contributed by atoms with Crippen LogP contribution in [0.3, 0.4) is 0 Å². The molecule has 0 fully saturated rings. The number of carbonyl (C=O) groups excluding carboxylic acids is 1. The molecule has 2 aromatic carbocycles. The summed E-state index contributed by atoms with van der Waals surface area (Å²) in [6.45, 7) is 1.77. The highest BCUT2D eigenvalue weighted by Gasteiger charge is 2.20. The summed E-state index contributed by atoms with van der Waals surface area (Å²) in [5.41, 5.74) is 2.40. The third kappa shape index (κ3) is 3.70. The Morgan fingerprint density at radius 1 is 1.19 bits per heavy atom. The highest BCUT2D eigenvalue weighted by Crippen LogP contribution is 2.31. The smallest absolute Gasteiger partial charge is 0.277 e. The lowest BCUT2D eigenvalue weighted by molar-refractivity contribution is -0.115. The fourth-order valence-corrected chi connectivity index (χ4v) is 3.48. The van der Waals surface area contributed by atoms with Crippen LogP contribution in [0.2, 0.25) is 5.02 Å². The molecule has 0 radical (unpaired) electrons. The number of benzene rings is 2. The highest BCUT2D eigenvalue weighted by atomic mass is 35.5. The highest BCUT2D eigenvalue weighted by molar-refractivity contribution is 8.00. The van der Waals surface area contributed by atoms with Crippen molar-refractivity contribution in [3.05, 3.63) is 59.8 Å². The van der Waals surface area contributed by atoms with Gasteiger partial charge < -0.3 is 14.7 Å². The van der Waals surface area contributed by atoms with Crippen LogP contribution in [0, 0.1) is 0 Å². The fourth-order valence-electron chi connectivity index (χ4n) is 2.62. The predicted molar refractivity (Wildman–Crippen MR) is 107 cm³/mol. The van der Waals surface area contributed by atoms with Gasteiger partial charge in [-0.3, -0.25) is 4.79 Å². The number of hydrogen-bond acceptors (Lipinski definition) is 5. The van der Waals surface area contributed by atoms with Gasteiger partial charge in [-0.25, -0.2) is 0 Å². The summed E-state index contributed by atoms with van der Waals surface area (Å²) >= 11 is 7.27. The molecule has 1 atom stereocenters. The second-order valence-electron chi connectivity index (χ2n) is 5.85. The van der Waals surface area contributed by atoms with Gasteiger partial charge in [-0.05, 0) is 25.1 Å². The van der Waals surface area contributed by atoms with Crippen LogP contribution in [0.1, 0.15) is 6.92 Å². The molecule has 8 heteroatoms. The van der Waals surface area contributed by atoms with E-state index < -0.39 is 5.25 Å². The van der Waals surface area contributed by atoms with Crippen LogP contribution in [-0.4, -0.2) is 26.3 Å². The molecular formula is C19H15ClN4O2S. The van der Waals surface area contributed by atoms with Crippen LogP contribution in [0.5, 0.6) is 0 Å². The van der Waals surface area contributed by atoms with Gasteiger partial charge in [0.15, 0.2) is 0 Å². The third-order valence-corrected chi connectivity index (χ3v) is 5.27. The minimum Gasteiger partial charge on any atom is -0.411 e. The Morgan fingerprint density at radius 3 is 2.81 bits per heavy atom. The molecule has 0 spiro atoms. The van der Waals surface area contributed by atoms with Gasteiger partial charge in [0.25, 0.3) is 11.1 Å². The van der Waals surface area contributed by atoms with Crippen molar-refractivity contribution in [2.75, 3.05) is 5.32 Å². The summed E-state index contributed by atoms with van der Waals surface area (Å²) in [4.78, 5) is 15.6. The molecule has 4 aromatic rings. The van der Waals surface area contributed by atoms with Gasteiger partial charge in [0.05, 0.1) is 21.5 Å². The predicted octanol–water partition coefficient (Wildman–Crippen LogP) is 4.99. The maximum absolute atomic E-state index is 12.4. The summed E-state index contributed by atoms with van der Waals surface area (Å²) in [5.74, 6) is 0.216. The van der Waals surface area contributed by atoms with Crippen molar-refractivity contribution in [3.8, 4) is 11.5 Å². The average molecular weight is 399 g/mol. The number of hydrogen-bond donors (Lipinski definition) is 2. The number of rotatable bonds is 5. The molecule has 1 amide bonds. The molecule has 0 bridgehead atoms. The van der Waals surface area contributed by atoms with E-state index in [1.807, 2.05) is 36.5 Å². The lowest BCUT2D eigenvalue weighted by Gasteiger charge is -2.10. The Kier molecular flexibility index (Phi) is 4.87. The molecule has 0 aliphatic rings. The Labute approximate surface area is 164 Å². The Hall–Kier alpha value is -2.77. The fraction of sp³-hybridized carbons (Fsp3) is 0.105. The molecule has 0 unspecified atom stereocenters. The van der Waals surface area contributed by atoms with E-state index in [-0.39, 0.29) is 5.91 Å². The molecule has 6 nitrogen and oxygen atoms in total. The quantitative estimate of drug-likeness (QED) is 0.462. The van der Waals surface area contributed by atoms with Crippen molar-refractivity contribution >= 4 is 45.9 Å². The first-order valence-electron chi connectivity index (χ1n) is 8.24. The molecule has 0 saturated heterocycles. The van der Waals surface area contributed by atoms with Crippen LogP contribution in [0.15, 0.2) is 64.4 Å². The van der Waals surface area contributed by atoms with Gasteiger partial charge in [0.2, 0.25) is 5.91 Å². The van der Waals surface area contributed by atoms with E-state index in [4.69, 9.17) is 16.0 Å². The molecular weight excluding hydrogens is 384 g/mol. The topological polar surface area (TPSA) is 83.8 Å². The number of carbonyl (C=O) groups is 1. The van der Waals surface area contributed by atoms with Crippen LogP contribution in [0.25, 0.3) is 22.4 Å². The second kappa shape index (κ2) is 7.46. The summed E-state index contributed by atoms with van der Waals surface area (Å²) in [6.07, 6.45) is 1.83. The van der Waals surface area contributed by atoms with Gasteiger partial charge in [-0.15, -0.1) is 10.2 Å². The number of aromatic nitrogens is 3. The average Bonchev–Trinajstić information content (AvgIpc) is 3.30. The standard InChI is InChI=1S/C19H15ClN4O2S/c1-11(17(25)22-16-9-5-3-7-14(16)20)27-19-24-23-18(26-19)13-10-21-15-8-4-2-6-12(13)15/h2-11,21H,1H3,(H,22,25)/t11-/m1/s1. The molecule has 2 heterocycles. The van der Waals surface area contributed by atoms with Crippen molar-refractivity contribution in [2.24, 2.45) is 0 Å². The van der Waals surface area contributed by atoms with Crippen LogP contribution < -0.4 is 5.32 Å². The second-order valence-corrected chi connectivity index (χ2v) is 7.55. The van der Waals surface area contributed by atoms with Gasteiger partial charge in [-0.2, -0.15) is 0 Å². The number of aromatic amines is 1. The molecule has 0 saturated carbocycles. The van der Waals surface area contributed by atoms with Gasteiger partial charge >= 0.3 is 0 Å². The number of halogens is 1. The molecule has 136 valence electrons. The number of nitrogens with zero attached hydrogens (tertiary/aromatic N) is 2. The Balaban J connectivity index is 1.47. The van der Waals surface area contributed by atoms with E-state index in [9.17, 15) is 4.79 Å². The minimum absolute atomic E-state index is 0.194. The Bertz CT molecular complexity index is 1110. The van der Waals surface area contributed by atoms with E-state index in [2.05, 4.69) is 20.5 Å². The van der Waals surface area contributed by atoms with E-state index in [1.54, 1.807) is 25.1 Å². The minimum atomic E-state index is -0.433. The van der Waals surface area contributed by atoms with Crippen molar-refractivity contribution < 1.29 is 9.21 Å². The van der Waals surface area contributed by atoms with Crippen molar-refractivity contribution in [2.45, 2.75) is 17.4 Å². The molecule has 27 heavy (non-hydrogen) atoms. The number of anilines is 1. The molecule has 0 aliphatic carbocycles. The summed E-state index contributed by atoms with van der Waals surface area (Å²) in [5, 5.41) is 12.4. The number of fused-ring (bicyclic) bond motifs is 1. The van der Waals surface area contributed by atoms with E-state index in [0.717, 1.165) is 16.5 Å². The zero-order chi connectivity index (χ0) is 18.8. The maximum Gasteiger partial charge on any atom is 0.277 e. The number of nitrogens with one attached hydrogen (secondary N) is 2. The van der Waals surface area contributed by atoms with Gasteiger partial charge in [-0.1, -0.05) is 53.7 Å². The van der Waals surface area contributed by atoms with Gasteiger partial charge in [0, 0.05) is 17.1 Å². The SMILES string of the molecule is C[C@@H](Sc1nnc(-c2c[nH]c3ccccc23)o1)C(=O)Nc1ccccc1Cl. The summed E-state index contributed by atoms with van der Waals surface area (Å²) < 4.78 is 5.75. The normalized spacial score (nSPS) is 12.2. The summed E-state index contributed by atoms with van der Waals surface area (Å²) in [6, 6.07) is 15.0. The van der Waals surface area contributed by atoms with Gasteiger partial charge in [0.1, 0.15) is 0 Å². The van der Waals surface area contributed by atoms with E-state index >= 15 is 0 Å². The first kappa shape index (κ1) is 17.6. The zero-order valence-corrected chi connectivity index (χ0v) is 15.8. The first-order valence-corrected chi connectivity index (χ1v) is 9.49. The third-order valence-electron chi connectivity index (χ3n) is 4.00. The van der Waals surface area contributed by atoms with Crippen LogP contribution >= 0.6 is 23.4 Å². The lowest BCUT2D eigenvalue weighted by Crippen LogP contribution is -2.22. The zero-order valence-electron chi connectivity index (χ0n) is 14.3. The van der Waals surface area contributed by atoms with Crippen molar-refractivity contribution in [1.29, 1.82) is 0 Å². The number of para-hydroxylation sites is 2. The largest absolute Gasteiger partial charge is 0.411 e. The van der Waals surface area contributed by atoms with Crippen molar-refractivity contribution in [1.82, 2.24) is 15.2 Å².